The van der Waals surface area contributed by atoms with E-state index in [2.05, 4.69) is 44.0 Å². The highest BCUT2D eigenvalue weighted by molar-refractivity contribution is 5.88. The van der Waals surface area contributed by atoms with E-state index in [-0.39, 0.29) is 0 Å². The molecule has 1 atom stereocenters. The van der Waals surface area contributed by atoms with Crippen LogP contribution in [0.1, 0.15) is 36.5 Å². The van der Waals surface area contributed by atoms with Gasteiger partial charge in [0.05, 0.1) is 0 Å². The van der Waals surface area contributed by atoms with Crippen LogP contribution >= 0.6 is 0 Å². The SMILES string of the molecule is Cc1cccc(C)c1CC1=NC(C)CC1. The van der Waals surface area contributed by atoms with Crippen LogP contribution < -0.4 is 0 Å². The van der Waals surface area contributed by atoms with Crippen molar-refractivity contribution < 1.29 is 0 Å². The van der Waals surface area contributed by atoms with Crippen molar-refractivity contribution in [3.63, 3.8) is 0 Å². The zero-order valence-corrected chi connectivity index (χ0v) is 9.88. The van der Waals surface area contributed by atoms with Crippen LogP contribution in [0.2, 0.25) is 0 Å². The summed E-state index contributed by atoms with van der Waals surface area (Å²) in [4.78, 5) is 4.68. The lowest BCUT2D eigenvalue weighted by Gasteiger charge is -2.09. The van der Waals surface area contributed by atoms with Crippen molar-refractivity contribution in [2.24, 2.45) is 4.99 Å². The molecule has 0 spiro atoms. The Morgan fingerprint density at radius 3 is 2.47 bits per heavy atom. The number of rotatable bonds is 2. The average Bonchev–Trinajstić information content (AvgIpc) is 2.58. The number of aliphatic imine (C=N–C) groups is 1. The largest absolute Gasteiger partial charge is 0.291 e. The minimum atomic E-state index is 0.546. The summed E-state index contributed by atoms with van der Waals surface area (Å²) in [5.74, 6) is 0. The van der Waals surface area contributed by atoms with E-state index in [1.54, 1.807) is 0 Å². The van der Waals surface area contributed by atoms with Crippen molar-refractivity contribution >= 4 is 5.71 Å². The van der Waals surface area contributed by atoms with Crippen molar-refractivity contribution in [3.05, 3.63) is 34.9 Å². The summed E-state index contributed by atoms with van der Waals surface area (Å²) in [6, 6.07) is 7.07. The first-order valence-electron chi connectivity index (χ1n) is 5.77. The summed E-state index contributed by atoms with van der Waals surface area (Å²) in [5.41, 5.74) is 5.67. The fourth-order valence-corrected chi connectivity index (χ4v) is 2.28. The average molecular weight is 201 g/mol. The molecule has 1 aromatic carbocycles. The molecular formula is C14H19N. The lowest BCUT2D eigenvalue weighted by Crippen LogP contribution is -2.03. The van der Waals surface area contributed by atoms with Gasteiger partial charge in [0.2, 0.25) is 0 Å². The number of hydrogen-bond donors (Lipinski definition) is 0. The van der Waals surface area contributed by atoms with Crippen molar-refractivity contribution in [2.75, 3.05) is 0 Å². The molecule has 0 aromatic heterocycles. The Hall–Kier alpha value is -1.11. The zero-order valence-electron chi connectivity index (χ0n) is 9.88. The Labute approximate surface area is 92.2 Å². The first-order chi connectivity index (χ1) is 7.16. The van der Waals surface area contributed by atoms with Gasteiger partial charge in [0.15, 0.2) is 0 Å². The van der Waals surface area contributed by atoms with Crippen LogP contribution in [-0.4, -0.2) is 11.8 Å². The summed E-state index contributed by atoms with van der Waals surface area (Å²) >= 11 is 0. The van der Waals surface area contributed by atoms with E-state index < -0.39 is 0 Å². The Morgan fingerprint density at radius 1 is 1.27 bits per heavy atom. The second-order valence-corrected chi connectivity index (χ2v) is 4.63. The molecule has 0 amide bonds. The topological polar surface area (TPSA) is 12.4 Å². The molecule has 15 heavy (non-hydrogen) atoms. The van der Waals surface area contributed by atoms with Gasteiger partial charge in [-0.1, -0.05) is 18.2 Å². The monoisotopic (exact) mass is 201 g/mol. The Bertz CT molecular complexity index is 370. The van der Waals surface area contributed by atoms with Gasteiger partial charge in [0, 0.05) is 18.2 Å². The van der Waals surface area contributed by atoms with Gasteiger partial charge in [-0.2, -0.15) is 0 Å². The highest BCUT2D eigenvalue weighted by atomic mass is 14.8. The molecule has 1 aliphatic rings. The van der Waals surface area contributed by atoms with E-state index in [1.165, 1.54) is 35.2 Å². The minimum Gasteiger partial charge on any atom is -0.291 e. The van der Waals surface area contributed by atoms with E-state index in [1.807, 2.05) is 0 Å². The Balaban J connectivity index is 2.21. The molecule has 2 rings (SSSR count). The number of aryl methyl sites for hydroxylation is 2. The third-order valence-corrected chi connectivity index (χ3v) is 3.28. The quantitative estimate of drug-likeness (QED) is 0.694. The van der Waals surface area contributed by atoms with Crippen LogP contribution in [0.3, 0.4) is 0 Å². The van der Waals surface area contributed by atoms with Gasteiger partial charge in [-0.15, -0.1) is 0 Å². The molecule has 80 valence electrons. The number of hydrogen-bond acceptors (Lipinski definition) is 1. The Morgan fingerprint density at radius 2 is 1.93 bits per heavy atom. The summed E-state index contributed by atoms with van der Waals surface area (Å²) in [6.07, 6.45) is 3.48. The first kappa shape index (κ1) is 10.4. The number of nitrogens with zero attached hydrogens (tertiary/aromatic N) is 1. The molecular weight excluding hydrogens is 182 g/mol. The molecule has 1 aromatic rings. The fourth-order valence-electron chi connectivity index (χ4n) is 2.28. The smallest absolute Gasteiger partial charge is 0.0474 e. The van der Waals surface area contributed by atoms with Crippen molar-refractivity contribution in [3.8, 4) is 0 Å². The van der Waals surface area contributed by atoms with Crippen molar-refractivity contribution in [2.45, 2.75) is 46.1 Å². The van der Waals surface area contributed by atoms with Gasteiger partial charge in [-0.05, 0) is 50.3 Å². The van der Waals surface area contributed by atoms with Crippen molar-refractivity contribution in [1.29, 1.82) is 0 Å². The molecule has 0 saturated carbocycles. The fraction of sp³-hybridized carbons (Fsp3) is 0.500. The maximum Gasteiger partial charge on any atom is 0.0474 e. The van der Waals surface area contributed by atoms with Gasteiger partial charge >= 0.3 is 0 Å². The predicted molar refractivity (Wildman–Crippen MR) is 65.8 cm³/mol. The van der Waals surface area contributed by atoms with Crippen LogP contribution in [0, 0.1) is 13.8 Å². The van der Waals surface area contributed by atoms with Crippen LogP contribution in [0.5, 0.6) is 0 Å². The molecule has 1 unspecified atom stereocenters. The molecule has 0 radical (unpaired) electrons. The van der Waals surface area contributed by atoms with Gasteiger partial charge in [-0.25, -0.2) is 0 Å². The molecule has 0 bridgehead atoms. The van der Waals surface area contributed by atoms with Gasteiger partial charge < -0.3 is 0 Å². The van der Waals surface area contributed by atoms with Gasteiger partial charge in [-0.3, -0.25) is 4.99 Å². The first-order valence-corrected chi connectivity index (χ1v) is 5.77. The molecule has 1 heteroatoms. The molecule has 1 aliphatic heterocycles. The summed E-state index contributed by atoms with van der Waals surface area (Å²) in [5, 5.41) is 0. The standard InChI is InChI=1S/C14H19N/c1-10-5-4-6-11(2)14(10)9-13-8-7-12(3)15-13/h4-6,12H,7-9H2,1-3H3. The van der Waals surface area contributed by atoms with E-state index in [9.17, 15) is 0 Å². The Kier molecular flexibility index (Phi) is 2.90. The van der Waals surface area contributed by atoms with Crippen LogP contribution in [0.25, 0.3) is 0 Å². The molecule has 0 saturated heterocycles. The predicted octanol–water partition coefficient (Wildman–Crippen LogP) is 3.47. The number of benzene rings is 1. The lowest BCUT2D eigenvalue weighted by atomic mass is 9.97. The third-order valence-electron chi connectivity index (χ3n) is 3.28. The molecule has 0 N–H and O–H groups in total. The third kappa shape index (κ3) is 2.28. The maximum atomic E-state index is 4.68. The summed E-state index contributed by atoms with van der Waals surface area (Å²) in [6.45, 7) is 6.60. The lowest BCUT2D eigenvalue weighted by molar-refractivity contribution is 0.739. The second kappa shape index (κ2) is 4.18. The summed E-state index contributed by atoms with van der Waals surface area (Å²) in [7, 11) is 0. The molecule has 1 nitrogen and oxygen atoms in total. The molecule has 0 aliphatic carbocycles. The molecule has 0 fully saturated rings. The van der Waals surface area contributed by atoms with Crippen LogP contribution in [0.15, 0.2) is 23.2 Å². The second-order valence-electron chi connectivity index (χ2n) is 4.63. The normalized spacial score (nSPS) is 20.5. The van der Waals surface area contributed by atoms with Crippen LogP contribution in [-0.2, 0) is 6.42 Å². The van der Waals surface area contributed by atoms with E-state index in [4.69, 9.17) is 0 Å². The summed E-state index contributed by atoms with van der Waals surface area (Å²) < 4.78 is 0. The van der Waals surface area contributed by atoms with E-state index >= 15 is 0 Å². The minimum absolute atomic E-state index is 0.546. The van der Waals surface area contributed by atoms with Gasteiger partial charge in [0.25, 0.3) is 0 Å². The van der Waals surface area contributed by atoms with Crippen LogP contribution in [0.4, 0.5) is 0 Å². The van der Waals surface area contributed by atoms with E-state index in [0.29, 0.717) is 6.04 Å². The van der Waals surface area contributed by atoms with Crippen molar-refractivity contribution in [1.82, 2.24) is 0 Å². The molecule has 1 heterocycles. The highest BCUT2D eigenvalue weighted by Gasteiger charge is 2.14. The highest BCUT2D eigenvalue weighted by Crippen LogP contribution is 2.20. The maximum absolute atomic E-state index is 4.68. The van der Waals surface area contributed by atoms with Gasteiger partial charge in [0.1, 0.15) is 0 Å². The zero-order chi connectivity index (χ0) is 10.8. The van der Waals surface area contributed by atoms with E-state index in [0.717, 1.165) is 6.42 Å².